The molecule has 3 rings (SSSR count). The quantitative estimate of drug-likeness (QED) is 0.825. The predicted octanol–water partition coefficient (Wildman–Crippen LogP) is 2.02. The van der Waals surface area contributed by atoms with Gasteiger partial charge in [-0.1, -0.05) is 6.08 Å². The van der Waals surface area contributed by atoms with E-state index in [4.69, 9.17) is 11.0 Å². The molecule has 2 aromatic heterocycles. The van der Waals surface area contributed by atoms with Crippen LogP contribution in [-0.2, 0) is 0 Å². The standard InChI is InChI=1S/C13H13N5/c14-7-9-1-3-10(4-2-9)11-5-6-12-13(15)16-8-17-18(11)12/h3,5-6,8-9H,1-2,4H2,(H2,15,16,17). The lowest BCUT2D eigenvalue weighted by Gasteiger charge is -2.16. The van der Waals surface area contributed by atoms with Crippen molar-refractivity contribution in [2.45, 2.75) is 19.3 Å². The van der Waals surface area contributed by atoms with Crippen LogP contribution in [0.1, 0.15) is 25.0 Å². The molecule has 90 valence electrons. The van der Waals surface area contributed by atoms with E-state index in [0.29, 0.717) is 5.82 Å². The summed E-state index contributed by atoms with van der Waals surface area (Å²) in [6, 6.07) is 6.26. The molecule has 0 aliphatic heterocycles. The Balaban J connectivity index is 2.04. The monoisotopic (exact) mass is 239 g/mol. The van der Waals surface area contributed by atoms with Crippen molar-refractivity contribution in [3.63, 3.8) is 0 Å². The molecule has 0 bridgehead atoms. The second-order valence-corrected chi connectivity index (χ2v) is 4.49. The largest absolute Gasteiger partial charge is 0.382 e. The minimum Gasteiger partial charge on any atom is -0.382 e. The number of allylic oxidation sites excluding steroid dienone is 2. The average Bonchev–Trinajstić information content (AvgIpc) is 2.84. The lowest BCUT2D eigenvalue weighted by molar-refractivity contribution is 0.602. The van der Waals surface area contributed by atoms with Crippen molar-refractivity contribution in [3.05, 3.63) is 30.2 Å². The molecule has 1 aliphatic carbocycles. The lowest BCUT2D eigenvalue weighted by atomic mass is 9.89. The van der Waals surface area contributed by atoms with Crippen molar-refractivity contribution in [3.8, 4) is 6.07 Å². The maximum absolute atomic E-state index is 8.89. The van der Waals surface area contributed by atoms with E-state index in [1.54, 1.807) is 0 Å². The average molecular weight is 239 g/mol. The topological polar surface area (TPSA) is 80.0 Å². The van der Waals surface area contributed by atoms with Gasteiger partial charge in [0.2, 0.25) is 0 Å². The maximum Gasteiger partial charge on any atom is 0.151 e. The van der Waals surface area contributed by atoms with Crippen LogP contribution in [0.3, 0.4) is 0 Å². The van der Waals surface area contributed by atoms with Gasteiger partial charge in [-0.25, -0.2) is 9.50 Å². The third-order valence-corrected chi connectivity index (χ3v) is 3.40. The molecule has 0 aromatic carbocycles. The number of nitrogens with two attached hydrogens (primary N) is 1. The molecule has 0 saturated carbocycles. The Kier molecular flexibility index (Phi) is 2.49. The van der Waals surface area contributed by atoms with Gasteiger partial charge >= 0.3 is 0 Å². The van der Waals surface area contributed by atoms with E-state index in [1.807, 2.05) is 16.6 Å². The van der Waals surface area contributed by atoms with Crippen molar-refractivity contribution in [1.82, 2.24) is 14.6 Å². The van der Waals surface area contributed by atoms with Crippen molar-refractivity contribution in [2.75, 3.05) is 5.73 Å². The molecule has 1 atom stereocenters. The van der Waals surface area contributed by atoms with Crippen LogP contribution in [0.5, 0.6) is 0 Å². The first-order valence-electron chi connectivity index (χ1n) is 5.97. The molecule has 2 heterocycles. The van der Waals surface area contributed by atoms with Crippen LogP contribution < -0.4 is 5.73 Å². The highest BCUT2D eigenvalue weighted by Gasteiger charge is 2.17. The molecule has 1 unspecified atom stereocenters. The van der Waals surface area contributed by atoms with Crippen molar-refractivity contribution in [1.29, 1.82) is 5.26 Å². The van der Waals surface area contributed by atoms with Crippen LogP contribution >= 0.6 is 0 Å². The Morgan fingerprint density at radius 3 is 3.06 bits per heavy atom. The number of nitrogen functional groups attached to an aromatic ring is 1. The van der Waals surface area contributed by atoms with Gasteiger partial charge in [0, 0.05) is 0 Å². The first-order chi connectivity index (χ1) is 8.79. The number of aromatic nitrogens is 3. The van der Waals surface area contributed by atoms with Gasteiger partial charge in [0.15, 0.2) is 5.82 Å². The van der Waals surface area contributed by atoms with Gasteiger partial charge in [0.25, 0.3) is 0 Å². The summed E-state index contributed by atoms with van der Waals surface area (Å²) < 4.78 is 1.82. The van der Waals surface area contributed by atoms with E-state index >= 15 is 0 Å². The zero-order valence-corrected chi connectivity index (χ0v) is 9.87. The van der Waals surface area contributed by atoms with Crippen LogP contribution in [0.15, 0.2) is 24.5 Å². The van der Waals surface area contributed by atoms with Gasteiger partial charge in [-0.3, -0.25) is 0 Å². The summed E-state index contributed by atoms with van der Waals surface area (Å²) >= 11 is 0. The number of fused-ring (bicyclic) bond motifs is 1. The summed E-state index contributed by atoms with van der Waals surface area (Å²) in [5.74, 6) is 0.641. The van der Waals surface area contributed by atoms with E-state index in [9.17, 15) is 0 Å². The summed E-state index contributed by atoms with van der Waals surface area (Å²) in [6.07, 6.45) is 6.24. The van der Waals surface area contributed by atoms with Crippen molar-refractivity contribution < 1.29 is 0 Å². The van der Waals surface area contributed by atoms with Crippen molar-refractivity contribution in [2.24, 2.45) is 5.92 Å². The fourth-order valence-electron chi connectivity index (χ4n) is 2.38. The first-order valence-corrected chi connectivity index (χ1v) is 5.97. The van der Waals surface area contributed by atoms with Crippen LogP contribution in [0.4, 0.5) is 5.82 Å². The van der Waals surface area contributed by atoms with Crippen molar-refractivity contribution >= 4 is 16.9 Å². The molecular formula is C13H13N5. The molecule has 2 aromatic rings. The number of rotatable bonds is 1. The molecule has 0 spiro atoms. The van der Waals surface area contributed by atoms with E-state index in [0.717, 1.165) is 30.5 Å². The summed E-state index contributed by atoms with van der Waals surface area (Å²) in [7, 11) is 0. The zero-order chi connectivity index (χ0) is 12.5. The molecule has 5 heteroatoms. The normalized spacial score (nSPS) is 19.5. The Morgan fingerprint density at radius 1 is 1.44 bits per heavy atom. The number of hydrogen-bond donors (Lipinski definition) is 1. The highest BCUT2D eigenvalue weighted by molar-refractivity contribution is 5.73. The Bertz CT molecular complexity index is 662. The summed E-state index contributed by atoms with van der Waals surface area (Å²) in [4.78, 5) is 3.97. The minimum absolute atomic E-state index is 0.152. The van der Waals surface area contributed by atoms with Gasteiger partial charge in [-0.2, -0.15) is 10.4 Å². The second-order valence-electron chi connectivity index (χ2n) is 4.49. The third kappa shape index (κ3) is 1.63. The highest BCUT2D eigenvalue weighted by Crippen LogP contribution is 2.30. The second kappa shape index (κ2) is 4.15. The Labute approximate surface area is 105 Å². The third-order valence-electron chi connectivity index (χ3n) is 3.40. The lowest BCUT2D eigenvalue weighted by Crippen LogP contribution is -2.06. The molecule has 5 nitrogen and oxygen atoms in total. The van der Waals surface area contributed by atoms with Gasteiger partial charge < -0.3 is 5.73 Å². The Morgan fingerprint density at radius 2 is 2.33 bits per heavy atom. The molecule has 0 fully saturated rings. The number of nitrogens with zero attached hydrogens (tertiary/aromatic N) is 4. The van der Waals surface area contributed by atoms with Gasteiger partial charge in [-0.05, 0) is 37.0 Å². The molecular weight excluding hydrogens is 226 g/mol. The number of nitriles is 1. The Hall–Kier alpha value is -2.35. The fraction of sp³-hybridized carbons (Fsp3) is 0.308. The predicted molar refractivity (Wildman–Crippen MR) is 68.3 cm³/mol. The fourth-order valence-corrected chi connectivity index (χ4v) is 2.38. The summed E-state index contributed by atoms with van der Waals surface area (Å²) in [5, 5.41) is 13.1. The number of anilines is 1. The van der Waals surface area contributed by atoms with E-state index in [-0.39, 0.29) is 5.92 Å². The smallest absolute Gasteiger partial charge is 0.151 e. The van der Waals surface area contributed by atoms with Gasteiger partial charge in [-0.15, -0.1) is 0 Å². The highest BCUT2D eigenvalue weighted by atomic mass is 15.3. The van der Waals surface area contributed by atoms with Crippen LogP contribution in [0.2, 0.25) is 0 Å². The molecule has 0 radical (unpaired) electrons. The molecule has 18 heavy (non-hydrogen) atoms. The zero-order valence-electron chi connectivity index (χ0n) is 9.87. The SMILES string of the molecule is N#CC1CC=C(c2ccc3c(N)ncnn23)CC1. The molecule has 0 amide bonds. The van der Waals surface area contributed by atoms with Crippen LogP contribution in [0.25, 0.3) is 11.1 Å². The van der Waals surface area contributed by atoms with Crippen LogP contribution in [-0.4, -0.2) is 14.6 Å². The van der Waals surface area contributed by atoms with E-state index in [1.165, 1.54) is 11.9 Å². The van der Waals surface area contributed by atoms with Gasteiger partial charge in [0.1, 0.15) is 11.8 Å². The molecule has 1 aliphatic rings. The van der Waals surface area contributed by atoms with Crippen LogP contribution in [0, 0.1) is 17.2 Å². The van der Waals surface area contributed by atoms with Gasteiger partial charge in [0.05, 0.1) is 17.7 Å². The first kappa shape index (κ1) is 10.8. The summed E-state index contributed by atoms with van der Waals surface area (Å²) in [6.45, 7) is 0. The molecule has 2 N–H and O–H groups in total. The van der Waals surface area contributed by atoms with E-state index in [2.05, 4.69) is 22.2 Å². The maximum atomic E-state index is 8.89. The minimum atomic E-state index is 0.152. The van der Waals surface area contributed by atoms with E-state index < -0.39 is 0 Å². The molecule has 0 saturated heterocycles. The summed E-state index contributed by atoms with van der Waals surface area (Å²) in [5.41, 5.74) is 8.92. The number of hydrogen-bond acceptors (Lipinski definition) is 4.